The van der Waals surface area contributed by atoms with Gasteiger partial charge in [-0.2, -0.15) is 8.42 Å². The van der Waals surface area contributed by atoms with Crippen molar-refractivity contribution in [3.63, 3.8) is 0 Å². The number of esters is 1. The molecule has 1 unspecified atom stereocenters. The van der Waals surface area contributed by atoms with Crippen molar-refractivity contribution in [3.05, 3.63) is 0 Å². The van der Waals surface area contributed by atoms with Crippen LogP contribution in [0, 0.1) is 11.8 Å². The van der Waals surface area contributed by atoms with Gasteiger partial charge >= 0.3 is 16.3 Å². The molecule has 132 valence electrons. The molecule has 3 rings (SSSR count). The number of carbonyl (C=O) groups excluding carboxylic acids is 1. The van der Waals surface area contributed by atoms with Crippen molar-refractivity contribution in [2.75, 3.05) is 13.2 Å². The smallest absolute Gasteiger partial charge is 0.333 e. The van der Waals surface area contributed by atoms with Gasteiger partial charge in [0.1, 0.15) is 18.3 Å². The first kappa shape index (κ1) is 17.1. The third-order valence-corrected chi connectivity index (χ3v) is 4.72. The van der Waals surface area contributed by atoms with Gasteiger partial charge in [-0.1, -0.05) is 0 Å². The van der Waals surface area contributed by atoms with Gasteiger partial charge < -0.3 is 18.9 Å². The highest BCUT2D eigenvalue weighted by atomic mass is 32.2. The zero-order valence-corrected chi connectivity index (χ0v) is 13.9. The first-order valence-corrected chi connectivity index (χ1v) is 8.95. The normalized spacial score (nSPS) is 41.6. The van der Waals surface area contributed by atoms with E-state index in [2.05, 4.69) is 0 Å². The van der Waals surface area contributed by atoms with Crippen LogP contribution in [0.4, 0.5) is 0 Å². The maximum absolute atomic E-state index is 12.0. The van der Waals surface area contributed by atoms with E-state index in [9.17, 15) is 13.2 Å². The van der Waals surface area contributed by atoms with Crippen LogP contribution < -0.4 is 5.14 Å². The van der Waals surface area contributed by atoms with Crippen LogP contribution in [0.2, 0.25) is 0 Å². The fourth-order valence-electron chi connectivity index (χ4n) is 3.31. The average molecular weight is 351 g/mol. The summed E-state index contributed by atoms with van der Waals surface area (Å²) in [6.45, 7) is 5.55. The third-order valence-electron chi connectivity index (χ3n) is 4.23. The van der Waals surface area contributed by atoms with E-state index < -0.39 is 58.3 Å². The lowest BCUT2D eigenvalue weighted by Crippen LogP contribution is -2.58. The third kappa shape index (κ3) is 3.37. The Hall–Kier alpha value is -0.780. The van der Waals surface area contributed by atoms with Crippen LogP contribution in [0.15, 0.2) is 0 Å². The van der Waals surface area contributed by atoms with Crippen LogP contribution in [0.25, 0.3) is 0 Å². The highest BCUT2D eigenvalue weighted by molar-refractivity contribution is 7.84. The van der Waals surface area contributed by atoms with E-state index >= 15 is 0 Å². The Morgan fingerprint density at radius 1 is 1.35 bits per heavy atom. The van der Waals surface area contributed by atoms with E-state index in [0.717, 1.165) is 0 Å². The SMILES string of the molecule is CCOC(=O)C1[C@@H]2[C@@H](OS(N)(=O)=O)[C@@H]3OC(C)(C)OC[C@H]3O[C@H]12. The summed E-state index contributed by atoms with van der Waals surface area (Å²) in [5.74, 6) is -2.41. The standard InChI is InChI=1S/C13H21NO8S/c1-4-18-12(15)8-7-10(8)20-6-5-19-13(2,3)21-9(6)11(7)22-23(14,16)17/h6-11H,4-5H2,1-3H3,(H2,14,16,17)/t6-,7+,8?,9-,10+,11-/m1/s1. The fraction of sp³-hybridized carbons (Fsp3) is 0.923. The highest BCUT2D eigenvalue weighted by Crippen LogP contribution is 2.53. The lowest BCUT2D eigenvalue weighted by Gasteiger charge is -2.45. The minimum Gasteiger partial charge on any atom is -0.466 e. The minimum atomic E-state index is -4.21. The van der Waals surface area contributed by atoms with Crippen LogP contribution in [-0.4, -0.2) is 57.8 Å². The molecule has 3 aliphatic rings. The van der Waals surface area contributed by atoms with Crippen molar-refractivity contribution in [1.82, 2.24) is 0 Å². The topological polar surface area (TPSA) is 123 Å². The van der Waals surface area contributed by atoms with Gasteiger partial charge in [0.25, 0.3) is 0 Å². The Kier molecular flexibility index (Phi) is 4.18. The Morgan fingerprint density at radius 3 is 2.65 bits per heavy atom. The van der Waals surface area contributed by atoms with Crippen molar-refractivity contribution < 1.29 is 36.3 Å². The zero-order valence-electron chi connectivity index (χ0n) is 13.1. The van der Waals surface area contributed by atoms with Gasteiger partial charge in [0.2, 0.25) is 0 Å². The van der Waals surface area contributed by atoms with Crippen molar-refractivity contribution >= 4 is 16.3 Å². The quantitative estimate of drug-likeness (QED) is 0.660. The van der Waals surface area contributed by atoms with E-state index in [-0.39, 0.29) is 13.2 Å². The van der Waals surface area contributed by atoms with Crippen molar-refractivity contribution in [2.24, 2.45) is 17.0 Å². The number of fused-ring (bicyclic) bond motifs is 2. The Morgan fingerprint density at radius 2 is 2.04 bits per heavy atom. The number of carbonyl (C=O) groups is 1. The monoisotopic (exact) mass is 351 g/mol. The predicted octanol–water partition coefficient (Wildman–Crippen LogP) is -0.697. The van der Waals surface area contributed by atoms with E-state index in [1.165, 1.54) is 0 Å². The molecule has 0 radical (unpaired) electrons. The van der Waals surface area contributed by atoms with Gasteiger partial charge in [0.05, 0.1) is 25.2 Å². The maximum Gasteiger partial charge on any atom is 0.333 e. The predicted molar refractivity (Wildman–Crippen MR) is 75.2 cm³/mol. The van der Waals surface area contributed by atoms with Crippen LogP contribution in [0.3, 0.4) is 0 Å². The molecule has 0 aromatic rings. The van der Waals surface area contributed by atoms with E-state index in [4.69, 9.17) is 28.3 Å². The second-order valence-corrected chi connectivity index (χ2v) is 7.52. The molecule has 0 bridgehead atoms. The molecule has 2 aliphatic heterocycles. The van der Waals surface area contributed by atoms with Gasteiger partial charge in [-0.05, 0) is 20.8 Å². The summed E-state index contributed by atoms with van der Waals surface area (Å²) >= 11 is 0. The summed E-state index contributed by atoms with van der Waals surface area (Å²) < 4.78 is 50.0. The van der Waals surface area contributed by atoms with Crippen molar-refractivity contribution in [1.29, 1.82) is 0 Å². The van der Waals surface area contributed by atoms with Gasteiger partial charge in [-0.3, -0.25) is 8.98 Å². The Balaban J connectivity index is 1.84. The molecule has 6 atom stereocenters. The van der Waals surface area contributed by atoms with Crippen LogP contribution in [-0.2, 0) is 38.2 Å². The van der Waals surface area contributed by atoms with Gasteiger partial charge in [-0.25, -0.2) is 5.14 Å². The largest absolute Gasteiger partial charge is 0.466 e. The fourth-order valence-corrected chi connectivity index (χ4v) is 3.85. The Labute approximate surface area is 134 Å². The molecule has 3 fully saturated rings. The highest BCUT2D eigenvalue weighted by Gasteiger charge is 2.69. The number of nitrogens with two attached hydrogens (primary N) is 1. The zero-order chi connectivity index (χ0) is 17.0. The van der Waals surface area contributed by atoms with Crippen LogP contribution in [0.1, 0.15) is 20.8 Å². The molecule has 0 aromatic carbocycles. The molecule has 10 heteroatoms. The summed E-state index contributed by atoms with van der Waals surface area (Å²) in [5, 5.41) is 5.02. The molecule has 2 heterocycles. The van der Waals surface area contributed by atoms with Crippen LogP contribution >= 0.6 is 0 Å². The summed E-state index contributed by atoms with van der Waals surface area (Å²) in [6.07, 6.45) is -2.62. The second-order valence-electron chi connectivity index (χ2n) is 6.34. The molecular weight excluding hydrogens is 330 g/mol. The first-order valence-electron chi connectivity index (χ1n) is 7.48. The summed E-state index contributed by atoms with van der Waals surface area (Å²) in [6, 6.07) is 0. The molecule has 2 saturated heterocycles. The lowest BCUT2D eigenvalue weighted by atomic mass is 9.99. The molecule has 1 aliphatic carbocycles. The summed E-state index contributed by atoms with van der Waals surface area (Å²) in [4.78, 5) is 12.0. The van der Waals surface area contributed by atoms with Crippen molar-refractivity contribution in [2.45, 2.75) is 51.0 Å². The van der Waals surface area contributed by atoms with Crippen LogP contribution in [0.5, 0.6) is 0 Å². The molecule has 0 amide bonds. The van der Waals surface area contributed by atoms with Crippen molar-refractivity contribution in [3.8, 4) is 0 Å². The van der Waals surface area contributed by atoms with Gasteiger partial charge in [-0.15, -0.1) is 0 Å². The molecular formula is C13H21NO8S. The lowest BCUT2D eigenvalue weighted by molar-refractivity contribution is -0.334. The second kappa shape index (κ2) is 5.64. The number of rotatable bonds is 4. The number of hydrogen-bond acceptors (Lipinski definition) is 8. The summed E-state index contributed by atoms with van der Waals surface area (Å²) in [5.41, 5.74) is 0. The average Bonchev–Trinajstić information content (AvgIpc) is 3.12. The number of hydrogen-bond donors (Lipinski definition) is 1. The van der Waals surface area contributed by atoms with E-state index in [1.807, 2.05) is 0 Å². The molecule has 23 heavy (non-hydrogen) atoms. The van der Waals surface area contributed by atoms with Gasteiger partial charge in [0, 0.05) is 5.92 Å². The number of ether oxygens (including phenoxy) is 4. The molecule has 9 nitrogen and oxygen atoms in total. The summed E-state index contributed by atoms with van der Waals surface area (Å²) in [7, 11) is -4.21. The minimum absolute atomic E-state index is 0.209. The molecule has 0 spiro atoms. The molecule has 2 N–H and O–H groups in total. The van der Waals surface area contributed by atoms with Gasteiger partial charge in [0.15, 0.2) is 5.79 Å². The molecule has 0 aromatic heterocycles. The Bertz CT molecular complexity index is 591. The molecule has 1 saturated carbocycles. The van der Waals surface area contributed by atoms with E-state index in [0.29, 0.717) is 0 Å². The van der Waals surface area contributed by atoms with E-state index in [1.54, 1.807) is 20.8 Å². The first-order chi connectivity index (χ1) is 10.6. The maximum atomic E-state index is 12.0.